The Morgan fingerprint density at radius 3 is 2.37 bits per heavy atom. The van der Waals surface area contributed by atoms with Crippen LogP contribution in [0.25, 0.3) is 0 Å². The van der Waals surface area contributed by atoms with Crippen LogP contribution in [0.4, 0.5) is 0 Å². The van der Waals surface area contributed by atoms with Crippen molar-refractivity contribution in [3.8, 4) is 5.75 Å². The lowest BCUT2D eigenvalue weighted by Crippen LogP contribution is -2.15. The van der Waals surface area contributed by atoms with E-state index in [4.69, 9.17) is 9.47 Å². The standard InChI is InChI=1S/C16H24O3/c1-11(2)19-14-8-7-13(16(3,4)5)9-12(14)10-15(17)18-6/h7-9,11H,10H2,1-6H3. The largest absolute Gasteiger partial charge is 0.491 e. The number of methoxy groups -OCH3 is 1. The molecule has 0 aliphatic carbocycles. The van der Waals surface area contributed by atoms with Crippen LogP contribution in [0.5, 0.6) is 5.75 Å². The fourth-order valence-corrected chi connectivity index (χ4v) is 1.78. The van der Waals surface area contributed by atoms with E-state index < -0.39 is 0 Å². The van der Waals surface area contributed by atoms with Crippen LogP contribution in [0.1, 0.15) is 45.7 Å². The second-order valence-corrected chi connectivity index (χ2v) is 5.99. The first-order valence-corrected chi connectivity index (χ1v) is 6.61. The van der Waals surface area contributed by atoms with E-state index in [2.05, 4.69) is 26.8 Å². The summed E-state index contributed by atoms with van der Waals surface area (Å²) in [6.45, 7) is 10.4. The van der Waals surface area contributed by atoms with Crippen LogP contribution in [-0.4, -0.2) is 19.2 Å². The molecule has 0 amide bonds. The number of carbonyl (C=O) groups is 1. The quantitative estimate of drug-likeness (QED) is 0.781. The van der Waals surface area contributed by atoms with E-state index in [1.165, 1.54) is 12.7 Å². The number of esters is 1. The number of carbonyl (C=O) groups excluding carboxylic acids is 1. The Morgan fingerprint density at radius 2 is 1.89 bits per heavy atom. The smallest absolute Gasteiger partial charge is 0.310 e. The van der Waals surface area contributed by atoms with E-state index in [9.17, 15) is 4.79 Å². The summed E-state index contributed by atoms with van der Waals surface area (Å²) >= 11 is 0. The zero-order valence-corrected chi connectivity index (χ0v) is 12.7. The highest BCUT2D eigenvalue weighted by molar-refractivity contribution is 5.73. The van der Waals surface area contributed by atoms with Gasteiger partial charge < -0.3 is 9.47 Å². The van der Waals surface area contributed by atoms with Gasteiger partial charge in [-0.15, -0.1) is 0 Å². The molecule has 0 saturated carbocycles. The minimum absolute atomic E-state index is 0.0429. The Labute approximate surface area is 115 Å². The summed E-state index contributed by atoms with van der Waals surface area (Å²) in [5, 5.41) is 0. The van der Waals surface area contributed by atoms with Crippen LogP contribution >= 0.6 is 0 Å². The molecular formula is C16H24O3. The van der Waals surface area contributed by atoms with Gasteiger partial charge in [-0.25, -0.2) is 0 Å². The van der Waals surface area contributed by atoms with Gasteiger partial charge in [-0.2, -0.15) is 0 Å². The molecule has 19 heavy (non-hydrogen) atoms. The van der Waals surface area contributed by atoms with Crippen LogP contribution < -0.4 is 4.74 Å². The summed E-state index contributed by atoms with van der Waals surface area (Å²) in [6, 6.07) is 6.03. The fourth-order valence-electron chi connectivity index (χ4n) is 1.78. The van der Waals surface area contributed by atoms with Gasteiger partial charge in [-0.1, -0.05) is 32.9 Å². The highest BCUT2D eigenvalue weighted by Crippen LogP contribution is 2.29. The minimum Gasteiger partial charge on any atom is -0.491 e. The van der Waals surface area contributed by atoms with Crippen molar-refractivity contribution in [2.75, 3.05) is 7.11 Å². The molecule has 0 atom stereocenters. The molecule has 0 aliphatic rings. The van der Waals surface area contributed by atoms with Gasteiger partial charge in [0.25, 0.3) is 0 Å². The van der Waals surface area contributed by atoms with Crippen molar-refractivity contribution in [2.24, 2.45) is 0 Å². The lowest BCUT2D eigenvalue weighted by atomic mass is 9.85. The summed E-state index contributed by atoms with van der Waals surface area (Å²) in [5.41, 5.74) is 2.11. The van der Waals surface area contributed by atoms with Crippen molar-refractivity contribution in [2.45, 2.75) is 52.6 Å². The van der Waals surface area contributed by atoms with Crippen LogP contribution in [-0.2, 0) is 21.4 Å². The van der Waals surface area contributed by atoms with E-state index in [-0.39, 0.29) is 23.9 Å². The third kappa shape index (κ3) is 4.58. The molecule has 0 saturated heterocycles. The Kier molecular flexibility index (Phi) is 4.98. The fraction of sp³-hybridized carbons (Fsp3) is 0.562. The number of hydrogen-bond donors (Lipinski definition) is 0. The Morgan fingerprint density at radius 1 is 1.26 bits per heavy atom. The van der Waals surface area contributed by atoms with Gasteiger partial charge in [-0.05, 0) is 30.9 Å². The molecular weight excluding hydrogens is 240 g/mol. The van der Waals surface area contributed by atoms with E-state index in [0.29, 0.717) is 0 Å². The van der Waals surface area contributed by atoms with Crippen molar-refractivity contribution in [3.63, 3.8) is 0 Å². The average molecular weight is 264 g/mol. The van der Waals surface area contributed by atoms with Crippen LogP contribution in [0, 0.1) is 0 Å². The summed E-state index contributed by atoms with van der Waals surface area (Å²) in [4.78, 5) is 11.5. The van der Waals surface area contributed by atoms with Gasteiger partial charge in [-0.3, -0.25) is 4.79 Å². The molecule has 106 valence electrons. The molecule has 0 fully saturated rings. The number of benzene rings is 1. The molecule has 3 heteroatoms. The highest BCUT2D eigenvalue weighted by Gasteiger charge is 2.18. The zero-order valence-electron chi connectivity index (χ0n) is 12.7. The SMILES string of the molecule is COC(=O)Cc1cc(C(C)(C)C)ccc1OC(C)C. The topological polar surface area (TPSA) is 35.5 Å². The van der Waals surface area contributed by atoms with Gasteiger partial charge in [0, 0.05) is 5.56 Å². The normalized spacial score (nSPS) is 11.5. The number of ether oxygens (including phenoxy) is 2. The third-order valence-corrected chi connectivity index (χ3v) is 2.85. The van der Waals surface area contributed by atoms with E-state index >= 15 is 0 Å². The predicted octanol–water partition coefficient (Wildman–Crippen LogP) is 3.49. The highest BCUT2D eigenvalue weighted by atomic mass is 16.5. The average Bonchev–Trinajstić information content (AvgIpc) is 2.29. The first-order valence-electron chi connectivity index (χ1n) is 6.61. The first-order chi connectivity index (χ1) is 8.74. The van der Waals surface area contributed by atoms with Gasteiger partial charge in [0.2, 0.25) is 0 Å². The van der Waals surface area contributed by atoms with E-state index in [1.54, 1.807) is 0 Å². The van der Waals surface area contributed by atoms with Crippen molar-refractivity contribution in [1.29, 1.82) is 0 Å². The summed E-state index contributed by atoms with van der Waals surface area (Å²) in [5.74, 6) is 0.507. The van der Waals surface area contributed by atoms with E-state index in [0.717, 1.165) is 11.3 Å². The molecule has 0 unspecified atom stereocenters. The molecule has 0 bridgehead atoms. The molecule has 0 spiro atoms. The Balaban J connectivity index is 3.14. The lowest BCUT2D eigenvalue weighted by molar-refractivity contribution is -0.139. The Bertz CT molecular complexity index is 442. The zero-order chi connectivity index (χ0) is 14.6. The molecule has 3 nitrogen and oxygen atoms in total. The third-order valence-electron chi connectivity index (χ3n) is 2.85. The summed E-state index contributed by atoms with van der Waals surface area (Å²) in [6.07, 6.45) is 0.319. The molecule has 1 aromatic carbocycles. The monoisotopic (exact) mass is 264 g/mol. The molecule has 0 aromatic heterocycles. The summed E-state index contributed by atoms with van der Waals surface area (Å²) < 4.78 is 10.5. The molecule has 0 radical (unpaired) electrons. The second kappa shape index (κ2) is 6.09. The predicted molar refractivity (Wildman–Crippen MR) is 76.6 cm³/mol. The molecule has 0 heterocycles. The number of hydrogen-bond acceptors (Lipinski definition) is 3. The lowest BCUT2D eigenvalue weighted by Gasteiger charge is -2.22. The number of rotatable bonds is 4. The van der Waals surface area contributed by atoms with Crippen molar-refractivity contribution >= 4 is 5.97 Å². The van der Waals surface area contributed by atoms with Crippen LogP contribution in [0.15, 0.2) is 18.2 Å². The maximum atomic E-state index is 11.5. The van der Waals surface area contributed by atoms with Gasteiger partial charge in [0.1, 0.15) is 5.75 Å². The van der Waals surface area contributed by atoms with Gasteiger partial charge in [0.15, 0.2) is 0 Å². The van der Waals surface area contributed by atoms with Crippen LogP contribution in [0.3, 0.4) is 0 Å². The van der Waals surface area contributed by atoms with Gasteiger partial charge >= 0.3 is 5.97 Å². The maximum Gasteiger partial charge on any atom is 0.310 e. The Hall–Kier alpha value is -1.51. The van der Waals surface area contributed by atoms with Crippen LogP contribution in [0.2, 0.25) is 0 Å². The summed E-state index contributed by atoms with van der Waals surface area (Å²) in [7, 11) is 1.40. The van der Waals surface area contributed by atoms with E-state index in [1.807, 2.05) is 26.0 Å². The molecule has 0 aliphatic heterocycles. The van der Waals surface area contributed by atoms with Crippen molar-refractivity contribution in [1.82, 2.24) is 0 Å². The van der Waals surface area contributed by atoms with Crippen molar-refractivity contribution < 1.29 is 14.3 Å². The molecule has 1 rings (SSSR count). The molecule has 0 N–H and O–H groups in total. The molecule has 1 aromatic rings. The minimum atomic E-state index is -0.250. The second-order valence-electron chi connectivity index (χ2n) is 5.99. The van der Waals surface area contributed by atoms with Gasteiger partial charge in [0.05, 0.1) is 19.6 Å². The first kappa shape index (κ1) is 15.5. The van der Waals surface area contributed by atoms with Crippen molar-refractivity contribution in [3.05, 3.63) is 29.3 Å². The maximum absolute atomic E-state index is 11.5.